The van der Waals surface area contributed by atoms with Gasteiger partial charge in [-0.1, -0.05) is 23.5 Å². The second-order valence-corrected chi connectivity index (χ2v) is 7.40. The van der Waals surface area contributed by atoms with Crippen LogP contribution < -0.4 is 4.80 Å². The highest BCUT2D eigenvalue weighted by atomic mass is 79.9. The number of hydrogen-bond donors (Lipinski definition) is 0. The zero-order valence-electron chi connectivity index (χ0n) is 9.96. The number of thiophene rings is 1. The molecule has 6 heteroatoms. The topological polar surface area (TPSA) is 34.4 Å². The van der Waals surface area contributed by atoms with Crippen molar-refractivity contribution in [3.8, 4) is 0 Å². The Morgan fingerprint density at radius 2 is 2.00 bits per heavy atom. The molecule has 0 radical (unpaired) electrons. The van der Waals surface area contributed by atoms with E-state index in [0.29, 0.717) is 4.88 Å². The predicted octanol–water partition coefficient (Wildman–Crippen LogP) is 3.80. The Balaban J connectivity index is 2.11. The van der Waals surface area contributed by atoms with Crippen LogP contribution in [0.1, 0.15) is 9.67 Å². The van der Waals surface area contributed by atoms with Gasteiger partial charge in [-0.3, -0.25) is 4.79 Å². The van der Waals surface area contributed by atoms with Crippen LogP contribution in [0.3, 0.4) is 0 Å². The van der Waals surface area contributed by atoms with E-state index in [1.807, 2.05) is 41.9 Å². The van der Waals surface area contributed by atoms with Gasteiger partial charge in [0.25, 0.3) is 5.91 Å². The van der Waals surface area contributed by atoms with Gasteiger partial charge in [-0.05, 0) is 40.2 Å². The maximum Gasteiger partial charge on any atom is 0.289 e. The highest BCUT2D eigenvalue weighted by Gasteiger charge is 2.08. The van der Waals surface area contributed by atoms with Crippen LogP contribution in [0.2, 0.25) is 0 Å². The standard InChI is InChI=1S/C13H9BrN2OS2/c1-16-8-4-2-3-5-9(8)19-13(16)15-12(17)10-6-7-11(14)18-10/h2-7H,1H3. The summed E-state index contributed by atoms with van der Waals surface area (Å²) in [6.45, 7) is 0. The number of benzene rings is 1. The van der Waals surface area contributed by atoms with E-state index < -0.39 is 0 Å². The van der Waals surface area contributed by atoms with E-state index in [2.05, 4.69) is 20.9 Å². The first-order chi connectivity index (χ1) is 9.15. The van der Waals surface area contributed by atoms with Crippen LogP contribution in [0.4, 0.5) is 0 Å². The zero-order chi connectivity index (χ0) is 13.4. The summed E-state index contributed by atoms with van der Waals surface area (Å²) in [6.07, 6.45) is 0. The van der Waals surface area contributed by atoms with Crippen LogP contribution in [0.15, 0.2) is 45.2 Å². The van der Waals surface area contributed by atoms with E-state index in [1.165, 1.54) is 22.7 Å². The Kier molecular flexibility index (Phi) is 3.38. The normalized spacial score (nSPS) is 12.2. The monoisotopic (exact) mass is 352 g/mol. The first-order valence-electron chi connectivity index (χ1n) is 5.54. The summed E-state index contributed by atoms with van der Waals surface area (Å²) >= 11 is 6.27. The first-order valence-corrected chi connectivity index (χ1v) is 7.97. The minimum Gasteiger partial charge on any atom is -0.319 e. The molecule has 0 aliphatic carbocycles. The van der Waals surface area contributed by atoms with Gasteiger partial charge in [-0.2, -0.15) is 4.99 Å². The third kappa shape index (κ3) is 2.43. The van der Waals surface area contributed by atoms with Crippen LogP contribution in [0, 0.1) is 0 Å². The Labute approximate surface area is 126 Å². The van der Waals surface area contributed by atoms with E-state index in [9.17, 15) is 4.79 Å². The third-order valence-corrected chi connectivity index (χ3v) is 5.42. The van der Waals surface area contributed by atoms with Gasteiger partial charge >= 0.3 is 0 Å². The van der Waals surface area contributed by atoms with Crippen LogP contribution in [0.25, 0.3) is 10.2 Å². The minimum absolute atomic E-state index is 0.196. The molecule has 0 aliphatic heterocycles. The smallest absolute Gasteiger partial charge is 0.289 e. The molecule has 96 valence electrons. The number of nitrogens with zero attached hydrogens (tertiary/aromatic N) is 2. The van der Waals surface area contributed by atoms with Gasteiger partial charge in [-0.15, -0.1) is 11.3 Å². The van der Waals surface area contributed by atoms with Crippen molar-refractivity contribution >= 4 is 54.7 Å². The van der Waals surface area contributed by atoms with Crippen LogP contribution in [-0.2, 0) is 7.05 Å². The lowest BCUT2D eigenvalue weighted by molar-refractivity contribution is 0.100. The second-order valence-electron chi connectivity index (χ2n) is 3.93. The highest BCUT2D eigenvalue weighted by Crippen LogP contribution is 2.22. The van der Waals surface area contributed by atoms with E-state index in [1.54, 1.807) is 6.07 Å². The summed E-state index contributed by atoms with van der Waals surface area (Å²) in [6, 6.07) is 11.7. The average Bonchev–Trinajstić information content (AvgIpc) is 2.96. The number of fused-ring (bicyclic) bond motifs is 1. The van der Waals surface area contributed by atoms with Crippen molar-refractivity contribution in [2.45, 2.75) is 0 Å². The van der Waals surface area contributed by atoms with Crippen LogP contribution >= 0.6 is 38.6 Å². The van der Waals surface area contributed by atoms with E-state index >= 15 is 0 Å². The summed E-state index contributed by atoms with van der Waals surface area (Å²) in [7, 11) is 1.93. The summed E-state index contributed by atoms with van der Waals surface area (Å²) in [5.74, 6) is -0.196. The lowest BCUT2D eigenvalue weighted by Gasteiger charge is -1.93. The van der Waals surface area contributed by atoms with Crippen molar-refractivity contribution in [1.82, 2.24) is 4.57 Å². The predicted molar refractivity (Wildman–Crippen MR) is 82.7 cm³/mol. The van der Waals surface area contributed by atoms with Crippen molar-refractivity contribution < 1.29 is 4.79 Å². The molecule has 0 spiro atoms. The molecule has 0 fully saturated rings. The van der Waals surface area contributed by atoms with E-state index in [0.717, 1.165) is 18.8 Å². The molecule has 0 atom stereocenters. The van der Waals surface area contributed by atoms with Gasteiger partial charge in [0.15, 0.2) is 4.80 Å². The zero-order valence-corrected chi connectivity index (χ0v) is 13.2. The lowest BCUT2D eigenvalue weighted by atomic mass is 10.3. The van der Waals surface area contributed by atoms with Crippen molar-refractivity contribution in [3.63, 3.8) is 0 Å². The largest absolute Gasteiger partial charge is 0.319 e. The number of carbonyl (C=O) groups is 1. The number of hydrogen-bond acceptors (Lipinski definition) is 3. The quantitative estimate of drug-likeness (QED) is 0.655. The number of halogens is 1. The molecule has 1 amide bonds. The molecule has 0 unspecified atom stereocenters. The van der Waals surface area contributed by atoms with E-state index in [-0.39, 0.29) is 5.91 Å². The van der Waals surface area contributed by atoms with Gasteiger partial charge in [0.2, 0.25) is 0 Å². The molecule has 3 aromatic rings. The number of carbonyl (C=O) groups excluding carboxylic acids is 1. The van der Waals surface area contributed by atoms with Gasteiger partial charge < -0.3 is 4.57 Å². The number of aryl methyl sites for hydroxylation is 1. The highest BCUT2D eigenvalue weighted by molar-refractivity contribution is 9.11. The number of para-hydroxylation sites is 1. The Morgan fingerprint density at radius 3 is 2.68 bits per heavy atom. The van der Waals surface area contributed by atoms with Crippen LogP contribution in [-0.4, -0.2) is 10.5 Å². The van der Waals surface area contributed by atoms with Gasteiger partial charge in [-0.25, -0.2) is 0 Å². The van der Waals surface area contributed by atoms with Crippen molar-refractivity contribution in [2.24, 2.45) is 12.0 Å². The summed E-state index contributed by atoms with van der Waals surface area (Å²) < 4.78 is 4.01. The van der Waals surface area contributed by atoms with Crippen molar-refractivity contribution in [2.75, 3.05) is 0 Å². The molecule has 0 saturated carbocycles. The number of aromatic nitrogens is 1. The molecule has 1 aromatic carbocycles. The summed E-state index contributed by atoms with van der Waals surface area (Å²) in [4.78, 5) is 17.6. The Hall–Kier alpha value is -1.24. The average molecular weight is 353 g/mol. The molecular formula is C13H9BrN2OS2. The molecule has 3 rings (SSSR count). The fourth-order valence-corrected chi connectivity index (χ4v) is 4.05. The molecule has 19 heavy (non-hydrogen) atoms. The van der Waals surface area contributed by atoms with E-state index in [4.69, 9.17) is 0 Å². The maximum absolute atomic E-state index is 12.1. The summed E-state index contributed by atoms with van der Waals surface area (Å²) in [5, 5.41) is 0. The van der Waals surface area contributed by atoms with Gasteiger partial charge in [0.05, 0.1) is 18.9 Å². The molecule has 2 heterocycles. The lowest BCUT2D eigenvalue weighted by Crippen LogP contribution is -2.12. The van der Waals surface area contributed by atoms with Crippen molar-refractivity contribution in [1.29, 1.82) is 0 Å². The maximum atomic E-state index is 12.1. The Morgan fingerprint density at radius 1 is 1.21 bits per heavy atom. The fraction of sp³-hybridized carbons (Fsp3) is 0.0769. The van der Waals surface area contributed by atoms with Crippen molar-refractivity contribution in [3.05, 3.63) is 49.9 Å². The molecule has 2 aromatic heterocycles. The SMILES string of the molecule is Cn1c(=NC(=O)c2ccc(Br)s2)sc2ccccc21. The van der Waals surface area contributed by atoms with Gasteiger partial charge in [0.1, 0.15) is 0 Å². The fourth-order valence-electron chi connectivity index (χ4n) is 1.76. The Bertz CT molecular complexity index is 828. The van der Waals surface area contributed by atoms with Crippen LogP contribution in [0.5, 0.6) is 0 Å². The first kappa shape index (κ1) is 12.8. The minimum atomic E-state index is -0.196. The molecule has 0 saturated heterocycles. The number of thiazole rings is 1. The third-order valence-electron chi connectivity index (χ3n) is 2.70. The molecule has 3 nitrogen and oxygen atoms in total. The molecule has 0 aliphatic rings. The van der Waals surface area contributed by atoms with Gasteiger partial charge in [0, 0.05) is 7.05 Å². The number of rotatable bonds is 1. The second kappa shape index (κ2) is 5.03. The summed E-state index contributed by atoms with van der Waals surface area (Å²) in [5.41, 5.74) is 1.09. The molecular weight excluding hydrogens is 344 g/mol. The molecule has 0 N–H and O–H groups in total. The number of amides is 1. The molecule has 0 bridgehead atoms.